The highest BCUT2D eigenvalue weighted by Gasteiger charge is 2.11. The van der Waals surface area contributed by atoms with Gasteiger partial charge in [-0.2, -0.15) is 10.5 Å². The van der Waals surface area contributed by atoms with Crippen LogP contribution < -0.4 is 4.74 Å². The average molecular weight is 368 g/mol. The third-order valence-electron chi connectivity index (χ3n) is 3.88. The molecule has 1 aromatic heterocycles. The number of imidazole rings is 1. The number of hydrogen-bond donors (Lipinski definition) is 1. The van der Waals surface area contributed by atoms with Crippen molar-refractivity contribution in [2.24, 2.45) is 0 Å². The Balaban J connectivity index is 1.63. The molecule has 5 nitrogen and oxygen atoms in total. The minimum absolute atomic E-state index is 0.289. The Kier molecular flexibility index (Phi) is 4.49. The zero-order valence-corrected chi connectivity index (χ0v) is 14.8. The maximum Gasteiger partial charge on any atom is 0.171 e. The van der Waals surface area contributed by atoms with Crippen LogP contribution in [0.2, 0.25) is 0 Å². The van der Waals surface area contributed by atoms with E-state index in [2.05, 4.69) is 9.97 Å². The number of ether oxygens (including phenoxy) is 1. The lowest BCUT2D eigenvalue weighted by atomic mass is 10.1. The van der Waals surface area contributed by atoms with Gasteiger partial charge in [0.1, 0.15) is 23.6 Å². The second-order valence-electron chi connectivity index (χ2n) is 5.64. The predicted molar refractivity (Wildman–Crippen MR) is 103 cm³/mol. The molecule has 1 heterocycles. The normalized spacial score (nSPS) is 10.3. The van der Waals surface area contributed by atoms with Crippen LogP contribution in [0.25, 0.3) is 11.0 Å². The molecule has 6 heteroatoms. The van der Waals surface area contributed by atoms with Crippen LogP contribution in [-0.2, 0) is 0 Å². The van der Waals surface area contributed by atoms with Crippen molar-refractivity contribution in [3.8, 4) is 23.6 Å². The van der Waals surface area contributed by atoms with Crippen LogP contribution >= 0.6 is 11.8 Å². The molecule has 0 unspecified atom stereocenters. The summed E-state index contributed by atoms with van der Waals surface area (Å²) in [6.45, 7) is 0. The molecule has 0 spiro atoms. The smallest absolute Gasteiger partial charge is 0.171 e. The lowest BCUT2D eigenvalue weighted by Gasteiger charge is -2.10. The predicted octanol–water partition coefficient (Wildman–Crippen LogP) is 5.25. The highest BCUT2D eigenvalue weighted by Crippen LogP contribution is 2.36. The standard InChI is InChI=1S/C21H12N4OS/c22-12-14-9-10-16(11-15(14)13-23)26-19-7-3-4-8-20(19)27-21-24-17-5-1-2-6-18(17)25-21/h1-11H,(H,24,25). The lowest BCUT2D eigenvalue weighted by molar-refractivity contribution is 0.471. The number of rotatable bonds is 4. The Morgan fingerprint density at radius 1 is 0.889 bits per heavy atom. The summed E-state index contributed by atoms with van der Waals surface area (Å²) in [5, 5.41) is 19.0. The van der Waals surface area contributed by atoms with Crippen LogP contribution in [0, 0.1) is 22.7 Å². The summed E-state index contributed by atoms with van der Waals surface area (Å²) in [5.74, 6) is 1.15. The van der Waals surface area contributed by atoms with Gasteiger partial charge in [-0.15, -0.1) is 0 Å². The first-order valence-corrected chi connectivity index (χ1v) is 8.92. The maximum absolute atomic E-state index is 9.19. The quantitative estimate of drug-likeness (QED) is 0.532. The van der Waals surface area contributed by atoms with Gasteiger partial charge < -0.3 is 9.72 Å². The molecule has 1 N–H and O–H groups in total. The van der Waals surface area contributed by atoms with E-state index in [0.717, 1.165) is 21.1 Å². The van der Waals surface area contributed by atoms with Crippen LogP contribution in [0.15, 0.2) is 76.8 Å². The molecule has 3 aromatic carbocycles. The van der Waals surface area contributed by atoms with E-state index in [4.69, 9.17) is 10.00 Å². The van der Waals surface area contributed by atoms with E-state index in [0.29, 0.717) is 17.1 Å². The van der Waals surface area contributed by atoms with Gasteiger partial charge in [-0.05, 0) is 54.2 Å². The second kappa shape index (κ2) is 7.25. The molecule has 0 atom stereocenters. The molecule has 0 bridgehead atoms. The summed E-state index contributed by atoms with van der Waals surface area (Å²) in [6.07, 6.45) is 0. The molecule has 0 aliphatic heterocycles. The number of nitrogens with zero attached hydrogens (tertiary/aromatic N) is 3. The summed E-state index contributed by atoms with van der Waals surface area (Å²) < 4.78 is 5.97. The molecular formula is C21H12N4OS. The number of fused-ring (bicyclic) bond motifs is 1. The number of aromatic amines is 1. The Hall–Kier alpha value is -3.74. The van der Waals surface area contributed by atoms with Crippen molar-refractivity contribution in [3.05, 3.63) is 77.9 Å². The monoisotopic (exact) mass is 368 g/mol. The Labute approximate surface area is 159 Å². The van der Waals surface area contributed by atoms with E-state index in [1.807, 2.05) is 60.7 Å². The first-order valence-electron chi connectivity index (χ1n) is 8.10. The van der Waals surface area contributed by atoms with E-state index in [1.165, 1.54) is 11.8 Å². The average Bonchev–Trinajstić information content (AvgIpc) is 3.11. The van der Waals surface area contributed by atoms with Crippen LogP contribution in [0.5, 0.6) is 11.5 Å². The molecule has 0 fully saturated rings. The first-order chi connectivity index (χ1) is 13.3. The fourth-order valence-corrected chi connectivity index (χ4v) is 3.47. The third kappa shape index (κ3) is 3.48. The highest BCUT2D eigenvalue weighted by molar-refractivity contribution is 7.99. The van der Waals surface area contributed by atoms with Crippen molar-refractivity contribution in [2.45, 2.75) is 10.1 Å². The number of benzene rings is 3. The molecule has 128 valence electrons. The Morgan fingerprint density at radius 3 is 2.48 bits per heavy atom. The highest BCUT2D eigenvalue weighted by atomic mass is 32.2. The molecule has 0 saturated carbocycles. The fourth-order valence-electron chi connectivity index (χ4n) is 2.60. The summed E-state index contributed by atoms with van der Waals surface area (Å²) in [4.78, 5) is 8.75. The Morgan fingerprint density at radius 2 is 1.67 bits per heavy atom. The van der Waals surface area contributed by atoms with E-state index < -0.39 is 0 Å². The van der Waals surface area contributed by atoms with Gasteiger partial charge in [0.05, 0.1) is 27.1 Å². The van der Waals surface area contributed by atoms with Gasteiger partial charge >= 0.3 is 0 Å². The molecular weight excluding hydrogens is 356 g/mol. The summed E-state index contributed by atoms with van der Waals surface area (Å²) >= 11 is 1.47. The lowest BCUT2D eigenvalue weighted by Crippen LogP contribution is -1.90. The van der Waals surface area contributed by atoms with Crippen LogP contribution in [0.3, 0.4) is 0 Å². The molecule has 4 aromatic rings. The zero-order valence-electron chi connectivity index (χ0n) is 14.0. The number of nitriles is 2. The number of nitrogens with one attached hydrogen (secondary N) is 1. The van der Waals surface area contributed by atoms with Crippen LogP contribution in [-0.4, -0.2) is 9.97 Å². The number of para-hydroxylation sites is 3. The molecule has 27 heavy (non-hydrogen) atoms. The maximum atomic E-state index is 9.19. The van der Waals surface area contributed by atoms with E-state index >= 15 is 0 Å². The molecule has 0 amide bonds. The van der Waals surface area contributed by atoms with Gasteiger partial charge in [-0.1, -0.05) is 24.3 Å². The van der Waals surface area contributed by atoms with E-state index in [9.17, 15) is 5.26 Å². The minimum Gasteiger partial charge on any atom is -0.456 e. The zero-order chi connectivity index (χ0) is 18.6. The summed E-state index contributed by atoms with van der Waals surface area (Å²) in [5.41, 5.74) is 2.50. The van der Waals surface area contributed by atoms with Gasteiger partial charge in [0.2, 0.25) is 0 Å². The largest absolute Gasteiger partial charge is 0.456 e. The van der Waals surface area contributed by atoms with Crippen molar-refractivity contribution in [1.82, 2.24) is 9.97 Å². The van der Waals surface area contributed by atoms with E-state index in [-0.39, 0.29) is 5.56 Å². The molecule has 0 radical (unpaired) electrons. The SMILES string of the molecule is N#Cc1ccc(Oc2ccccc2Sc2nc3ccccc3[nH]2)cc1C#N. The van der Waals surface area contributed by atoms with Crippen LogP contribution in [0.1, 0.15) is 11.1 Å². The van der Waals surface area contributed by atoms with Gasteiger partial charge in [-0.25, -0.2) is 4.98 Å². The summed E-state index contributed by atoms with van der Waals surface area (Å²) in [6, 6.07) is 24.3. The molecule has 4 rings (SSSR count). The number of hydrogen-bond acceptors (Lipinski definition) is 5. The fraction of sp³-hybridized carbons (Fsp3) is 0. The van der Waals surface area contributed by atoms with Gasteiger partial charge in [0.15, 0.2) is 5.16 Å². The van der Waals surface area contributed by atoms with Crippen molar-refractivity contribution in [1.29, 1.82) is 10.5 Å². The van der Waals surface area contributed by atoms with Gasteiger partial charge in [0.25, 0.3) is 0 Å². The second-order valence-corrected chi connectivity index (χ2v) is 6.67. The molecule has 0 saturated heterocycles. The number of H-pyrrole nitrogens is 1. The van der Waals surface area contributed by atoms with Gasteiger partial charge in [-0.3, -0.25) is 0 Å². The molecule has 0 aliphatic rings. The topological polar surface area (TPSA) is 85.5 Å². The van der Waals surface area contributed by atoms with Crippen LogP contribution in [0.4, 0.5) is 0 Å². The van der Waals surface area contributed by atoms with Crippen molar-refractivity contribution < 1.29 is 4.74 Å². The minimum atomic E-state index is 0.289. The summed E-state index contributed by atoms with van der Waals surface area (Å²) in [7, 11) is 0. The van der Waals surface area contributed by atoms with E-state index in [1.54, 1.807) is 18.2 Å². The van der Waals surface area contributed by atoms with Crippen molar-refractivity contribution in [2.75, 3.05) is 0 Å². The van der Waals surface area contributed by atoms with Crippen molar-refractivity contribution >= 4 is 22.8 Å². The third-order valence-corrected chi connectivity index (χ3v) is 4.83. The number of aromatic nitrogens is 2. The Bertz CT molecular complexity index is 1180. The van der Waals surface area contributed by atoms with Gasteiger partial charge in [0, 0.05) is 0 Å². The molecule has 0 aliphatic carbocycles. The van der Waals surface area contributed by atoms with Crippen molar-refractivity contribution in [3.63, 3.8) is 0 Å². The first kappa shape index (κ1) is 16.7.